The van der Waals surface area contributed by atoms with Crippen LogP contribution in [0.4, 0.5) is 10.5 Å². The molecule has 1 aromatic heterocycles. The lowest BCUT2D eigenvalue weighted by Crippen LogP contribution is -2.39. The maximum Gasteiger partial charge on any atom is 0.319 e. The van der Waals surface area contributed by atoms with Crippen LogP contribution in [0.1, 0.15) is 18.6 Å². The van der Waals surface area contributed by atoms with Crippen LogP contribution in [0.3, 0.4) is 0 Å². The molecule has 2 aromatic carbocycles. The van der Waals surface area contributed by atoms with Crippen molar-refractivity contribution in [2.24, 2.45) is 0 Å². The second-order valence-electron chi connectivity index (χ2n) is 5.76. The van der Waals surface area contributed by atoms with Crippen LogP contribution in [-0.4, -0.2) is 22.2 Å². The average molecular weight is 400 g/mol. The Morgan fingerprint density at radius 2 is 1.84 bits per heavy atom. The average Bonchev–Trinajstić information content (AvgIpc) is 2.62. The Morgan fingerprint density at radius 1 is 1.12 bits per heavy atom. The second-order valence-corrected chi connectivity index (χ2v) is 6.68. The quantitative estimate of drug-likeness (QED) is 0.613. The fraction of sp³-hybridized carbons (Fsp3) is 0.158. The first-order valence-corrected chi connectivity index (χ1v) is 8.68. The molecule has 3 N–H and O–H groups in total. The number of para-hydroxylation sites is 1. The summed E-state index contributed by atoms with van der Waals surface area (Å²) in [6.45, 7) is 1.76. The number of hydrogen-bond donors (Lipinski definition) is 3. The van der Waals surface area contributed by atoms with Gasteiger partial charge in [-0.05, 0) is 36.8 Å². The minimum atomic E-state index is -0.801. The molecule has 0 aliphatic heterocycles. The summed E-state index contributed by atoms with van der Waals surface area (Å²) in [6.07, 6.45) is 0.884. The highest BCUT2D eigenvalue weighted by Gasteiger charge is 2.18. The number of aliphatic hydroxyl groups excluding tert-OH is 1. The van der Waals surface area contributed by atoms with Crippen LogP contribution >= 0.6 is 15.9 Å². The van der Waals surface area contributed by atoms with Crippen molar-refractivity contribution in [2.45, 2.75) is 19.1 Å². The van der Waals surface area contributed by atoms with Gasteiger partial charge in [-0.2, -0.15) is 0 Å². The number of aliphatic hydroxyl groups is 1. The van der Waals surface area contributed by atoms with E-state index in [2.05, 4.69) is 31.5 Å². The van der Waals surface area contributed by atoms with E-state index in [1.54, 1.807) is 19.2 Å². The third-order valence-corrected chi connectivity index (χ3v) is 4.45. The molecule has 1 heterocycles. The Hall–Kier alpha value is -2.44. The summed E-state index contributed by atoms with van der Waals surface area (Å²) in [4.78, 5) is 16.6. The topological polar surface area (TPSA) is 74.2 Å². The van der Waals surface area contributed by atoms with Crippen LogP contribution in [0.5, 0.6) is 0 Å². The summed E-state index contributed by atoms with van der Waals surface area (Å²) >= 11 is 3.36. The number of urea groups is 1. The number of halogens is 1. The number of rotatable bonds is 4. The Labute approximate surface area is 154 Å². The monoisotopic (exact) mass is 399 g/mol. The van der Waals surface area contributed by atoms with Gasteiger partial charge in [0.15, 0.2) is 0 Å². The van der Waals surface area contributed by atoms with E-state index in [1.807, 2.05) is 48.5 Å². The normalized spacial score (nSPS) is 13.2. The molecule has 0 aliphatic carbocycles. The number of pyridine rings is 1. The van der Waals surface area contributed by atoms with Crippen molar-refractivity contribution in [3.05, 3.63) is 70.8 Å². The van der Waals surface area contributed by atoms with Gasteiger partial charge in [0.1, 0.15) is 0 Å². The number of amides is 2. The molecule has 0 unspecified atom stereocenters. The molecule has 0 bridgehead atoms. The standard InChI is InChI=1S/C19H18BrN3O2/c1-12(18(24)14-7-9-15(20)10-8-14)22-19(25)23-16-6-2-4-13-5-3-11-21-17(13)16/h2-12,18,24H,1H3,(H2,22,23,25)/t12-,18+/m0/s1. The van der Waals surface area contributed by atoms with Crippen LogP contribution in [0, 0.1) is 0 Å². The Kier molecular flexibility index (Phi) is 5.31. The first kappa shape index (κ1) is 17.4. The van der Waals surface area contributed by atoms with Crippen molar-refractivity contribution in [3.8, 4) is 0 Å². The summed E-state index contributed by atoms with van der Waals surface area (Å²) in [5, 5.41) is 16.9. The fourth-order valence-corrected chi connectivity index (χ4v) is 2.86. The van der Waals surface area contributed by atoms with Gasteiger partial charge in [-0.25, -0.2) is 4.79 Å². The molecule has 3 rings (SSSR count). The van der Waals surface area contributed by atoms with Gasteiger partial charge in [0.05, 0.1) is 23.3 Å². The van der Waals surface area contributed by atoms with Crippen molar-refractivity contribution >= 4 is 38.6 Å². The number of fused-ring (bicyclic) bond motifs is 1. The zero-order chi connectivity index (χ0) is 17.8. The number of carbonyl (C=O) groups excluding carboxylic acids is 1. The first-order valence-electron chi connectivity index (χ1n) is 7.89. The van der Waals surface area contributed by atoms with Crippen LogP contribution < -0.4 is 10.6 Å². The molecule has 25 heavy (non-hydrogen) atoms. The van der Waals surface area contributed by atoms with Gasteiger partial charge in [0, 0.05) is 16.1 Å². The minimum Gasteiger partial charge on any atom is -0.386 e. The molecular weight excluding hydrogens is 382 g/mol. The number of nitrogens with zero attached hydrogens (tertiary/aromatic N) is 1. The molecule has 2 amide bonds. The smallest absolute Gasteiger partial charge is 0.319 e. The first-order chi connectivity index (χ1) is 12.0. The Bertz CT molecular complexity index is 878. The van der Waals surface area contributed by atoms with Crippen molar-refractivity contribution in [2.75, 3.05) is 5.32 Å². The predicted octanol–water partition coefficient (Wildman–Crippen LogP) is 4.24. The zero-order valence-electron chi connectivity index (χ0n) is 13.6. The maximum absolute atomic E-state index is 12.3. The minimum absolute atomic E-state index is 0.387. The zero-order valence-corrected chi connectivity index (χ0v) is 15.2. The Morgan fingerprint density at radius 3 is 2.60 bits per heavy atom. The summed E-state index contributed by atoms with van der Waals surface area (Å²) in [5.41, 5.74) is 2.09. The molecule has 3 aromatic rings. The van der Waals surface area contributed by atoms with Gasteiger partial charge in [0.2, 0.25) is 0 Å². The number of carbonyl (C=O) groups is 1. The summed E-state index contributed by atoms with van der Waals surface area (Å²) < 4.78 is 0.935. The second kappa shape index (κ2) is 7.63. The number of benzene rings is 2. The van der Waals surface area contributed by atoms with Crippen LogP contribution in [-0.2, 0) is 0 Å². The number of anilines is 1. The molecule has 0 fully saturated rings. The van der Waals surface area contributed by atoms with Gasteiger partial charge in [0.25, 0.3) is 0 Å². The van der Waals surface area contributed by atoms with E-state index in [0.717, 1.165) is 20.9 Å². The lowest BCUT2D eigenvalue weighted by molar-refractivity contribution is 0.139. The third kappa shape index (κ3) is 4.15. The molecule has 0 saturated carbocycles. The van der Waals surface area contributed by atoms with E-state index in [1.165, 1.54) is 0 Å². The highest BCUT2D eigenvalue weighted by Crippen LogP contribution is 2.22. The highest BCUT2D eigenvalue weighted by atomic mass is 79.9. The molecule has 0 saturated heterocycles. The molecule has 2 atom stereocenters. The van der Waals surface area contributed by atoms with Crippen molar-refractivity contribution < 1.29 is 9.90 Å². The molecule has 6 heteroatoms. The molecule has 128 valence electrons. The lowest BCUT2D eigenvalue weighted by atomic mass is 10.0. The van der Waals surface area contributed by atoms with Gasteiger partial charge in [-0.3, -0.25) is 4.98 Å². The fourth-order valence-electron chi connectivity index (χ4n) is 2.60. The number of aromatic nitrogens is 1. The summed E-state index contributed by atoms with van der Waals surface area (Å²) in [7, 11) is 0. The summed E-state index contributed by atoms with van der Waals surface area (Å²) in [6, 6.07) is 15.9. The van der Waals surface area contributed by atoms with Crippen molar-refractivity contribution in [1.29, 1.82) is 0 Å². The number of nitrogens with one attached hydrogen (secondary N) is 2. The molecule has 5 nitrogen and oxygen atoms in total. The highest BCUT2D eigenvalue weighted by molar-refractivity contribution is 9.10. The van der Waals surface area contributed by atoms with E-state index in [4.69, 9.17) is 0 Å². The predicted molar refractivity (Wildman–Crippen MR) is 102 cm³/mol. The van der Waals surface area contributed by atoms with E-state index in [-0.39, 0.29) is 6.03 Å². The van der Waals surface area contributed by atoms with Gasteiger partial charge in [-0.1, -0.05) is 46.3 Å². The van der Waals surface area contributed by atoms with E-state index in [9.17, 15) is 9.90 Å². The lowest BCUT2D eigenvalue weighted by Gasteiger charge is -2.21. The van der Waals surface area contributed by atoms with Crippen molar-refractivity contribution in [3.63, 3.8) is 0 Å². The maximum atomic E-state index is 12.3. The molecule has 0 aliphatic rings. The molecular formula is C19H18BrN3O2. The van der Waals surface area contributed by atoms with Gasteiger partial charge >= 0.3 is 6.03 Å². The van der Waals surface area contributed by atoms with Crippen LogP contribution in [0.25, 0.3) is 10.9 Å². The third-order valence-electron chi connectivity index (χ3n) is 3.92. The van der Waals surface area contributed by atoms with E-state index in [0.29, 0.717) is 5.69 Å². The molecule has 0 spiro atoms. The SMILES string of the molecule is C[C@H](NC(=O)Nc1cccc2cccnc12)[C@@H](O)c1ccc(Br)cc1. The van der Waals surface area contributed by atoms with Crippen LogP contribution in [0.2, 0.25) is 0 Å². The van der Waals surface area contributed by atoms with Crippen molar-refractivity contribution in [1.82, 2.24) is 10.3 Å². The van der Waals surface area contributed by atoms with E-state index >= 15 is 0 Å². The van der Waals surface area contributed by atoms with Gasteiger partial charge < -0.3 is 15.7 Å². The van der Waals surface area contributed by atoms with Gasteiger partial charge in [-0.15, -0.1) is 0 Å². The van der Waals surface area contributed by atoms with E-state index < -0.39 is 12.1 Å². The summed E-state index contributed by atoms with van der Waals surface area (Å²) in [5.74, 6) is 0. The molecule has 0 radical (unpaired) electrons. The van der Waals surface area contributed by atoms with Crippen LogP contribution in [0.15, 0.2) is 65.3 Å². The largest absolute Gasteiger partial charge is 0.386 e. The number of hydrogen-bond acceptors (Lipinski definition) is 3. The Balaban J connectivity index is 1.68.